The summed E-state index contributed by atoms with van der Waals surface area (Å²) in [6, 6.07) is 0. The average Bonchev–Trinajstić information content (AvgIpc) is 2.38. The second kappa shape index (κ2) is 6.62. The van der Waals surface area contributed by atoms with Gasteiger partial charge in [-0.2, -0.15) is 5.10 Å². The molecule has 2 rings (SSSR count). The first-order chi connectivity index (χ1) is 10.5. The lowest BCUT2D eigenvalue weighted by Crippen LogP contribution is -2.59. The molecule has 0 aromatic rings. The van der Waals surface area contributed by atoms with E-state index in [2.05, 4.69) is 43.5 Å². The molecule has 0 spiro atoms. The highest BCUT2D eigenvalue weighted by molar-refractivity contribution is 5.87. The molecular weight excluding hydrogens is 302 g/mol. The zero-order valence-electron chi connectivity index (χ0n) is 14.2. The fraction of sp³-hybridized carbons (Fsp3) is 0.933. The number of hydrogen-bond acceptors (Lipinski definition) is 8. The monoisotopic (exact) mass is 331 g/mol. The van der Waals surface area contributed by atoms with E-state index in [-0.39, 0.29) is 17.6 Å². The maximum atomic E-state index is 9.88. The molecule has 5 unspecified atom stereocenters. The van der Waals surface area contributed by atoms with E-state index in [1.54, 1.807) is 0 Å². The Morgan fingerprint density at radius 3 is 2.17 bits per heavy atom. The van der Waals surface area contributed by atoms with Gasteiger partial charge in [0, 0.05) is 29.6 Å². The van der Waals surface area contributed by atoms with Crippen LogP contribution in [0.15, 0.2) is 5.10 Å². The number of piperidine rings is 1. The first-order valence-corrected chi connectivity index (χ1v) is 7.96. The van der Waals surface area contributed by atoms with Crippen LogP contribution < -0.4 is 10.7 Å². The van der Waals surface area contributed by atoms with Crippen LogP contribution in [0.25, 0.3) is 0 Å². The predicted octanol–water partition coefficient (Wildman–Crippen LogP) is -1.33. The zero-order chi connectivity index (χ0) is 17.4. The standard InChI is InChI=1S/C15H29N3O5/c1-14(2)5-8(6-15(3,4)18-14)17-16-7-9-10(19)11(20)12(21)13(22)23-9/h9-13,16,18-22H,5-7H2,1-4H3. The lowest BCUT2D eigenvalue weighted by Gasteiger charge is -2.43. The third kappa shape index (κ3) is 4.62. The van der Waals surface area contributed by atoms with Crippen molar-refractivity contribution in [1.29, 1.82) is 0 Å². The molecule has 0 aromatic carbocycles. The van der Waals surface area contributed by atoms with Gasteiger partial charge in [0.15, 0.2) is 6.29 Å². The summed E-state index contributed by atoms with van der Waals surface area (Å²) >= 11 is 0. The van der Waals surface area contributed by atoms with Crippen molar-refractivity contribution in [3.63, 3.8) is 0 Å². The molecule has 8 heteroatoms. The van der Waals surface area contributed by atoms with E-state index >= 15 is 0 Å². The van der Waals surface area contributed by atoms with Gasteiger partial charge >= 0.3 is 0 Å². The minimum absolute atomic E-state index is 0.0559. The van der Waals surface area contributed by atoms with Gasteiger partial charge in [-0.15, -0.1) is 0 Å². The quantitative estimate of drug-likeness (QED) is 0.354. The summed E-state index contributed by atoms with van der Waals surface area (Å²) < 4.78 is 5.10. The second-order valence-corrected chi connectivity index (χ2v) is 7.82. The Morgan fingerprint density at radius 2 is 1.61 bits per heavy atom. The van der Waals surface area contributed by atoms with Gasteiger partial charge in [0.2, 0.25) is 0 Å². The summed E-state index contributed by atoms with van der Waals surface area (Å²) in [6.45, 7) is 8.59. The van der Waals surface area contributed by atoms with E-state index in [1.807, 2.05) is 0 Å². The molecule has 6 N–H and O–H groups in total. The van der Waals surface area contributed by atoms with E-state index in [0.29, 0.717) is 0 Å². The lowest BCUT2D eigenvalue weighted by atomic mass is 9.81. The number of aliphatic hydroxyl groups is 4. The highest BCUT2D eigenvalue weighted by Gasteiger charge is 2.43. The summed E-state index contributed by atoms with van der Waals surface area (Å²) in [4.78, 5) is 0. The molecule has 0 aromatic heterocycles. The fourth-order valence-corrected chi connectivity index (χ4v) is 3.51. The van der Waals surface area contributed by atoms with Crippen LogP contribution in [0.4, 0.5) is 0 Å². The second-order valence-electron chi connectivity index (χ2n) is 7.82. The van der Waals surface area contributed by atoms with Gasteiger partial charge in [0.1, 0.15) is 24.4 Å². The van der Waals surface area contributed by atoms with Gasteiger partial charge in [-0.05, 0) is 27.7 Å². The maximum absolute atomic E-state index is 9.88. The van der Waals surface area contributed by atoms with Gasteiger partial charge in [0.25, 0.3) is 0 Å². The van der Waals surface area contributed by atoms with E-state index in [4.69, 9.17) is 4.74 Å². The molecule has 2 saturated heterocycles. The van der Waals surface area contributed by atoms with Crippen molar-refractivity contribution < 1.29 is 25.2 Å². The molecule has 2 aliphatic heterocycles. The van der Waals surface area contributed by atoms with Crippen molar-refractivity contribution in [2.75, 3.05) is 6.54 Å². The maximum Gasteiger partial charge on any atom is 0.184 e. The highest BCUT2D eigenvalue weighted by atomic mass is 16.6. The third-order valence-electron chi connectivity index (χ3n) is 4.19. The normalized spacial score (nSPS) is 39.8. The van der Waals surface area contributed by atoms with Crippen LogP contribution >= 0.6 is 0 Å². The molecule has 134 valence electrons. The van der Waals surface area contributed by atoms with Crippen LogP contribution in [0.3, 0.4) is 0 Å². The number of hydrogen-bond donors (Lipinski definition) is 6. The molecule has 0 aliphatic carbocycles. The number of ether oxygens (including phenoxy) is 1. The smallest absolute Gasteiger partial charge is 0.184 e. The van der Waals surface area contributed by atoms with E-state index < -0.39 is 30.7 Å². The summed E-state index contributed by atoms with van der Waals surface area (Å²) in [7, 11) is 0. The van der Waals surface area contributed by atoms with Crippen LogP contribution in [0.1, 0.15) is 40.5 Å². The first-order valence-electron chi connectivity index (χ1n) is 7.96. The van der Waals surface area contributed by atoms with Crippen molar-refractivity contribution in [1.82, 2.24) is 10.7 Å². The van der Waals surface area contributed by atoms with Gasteiger partial charge in [-0.3, -0.25) is 0 Å². The summed E-state index contributed by atoms with van der Waals surface area (Å²) in [5, 5.41) is 46.4. The van der Waals surface area contributed by atoms with Crippen LogP contribution in [-0.4, -0.2) is 74.5 Å². The van der Waals surface area contributed by atoms with Crippen molar-refractivity contribution >= 4 is 5.71 Å². The van der Waals surface area contributed by atoms with Crippen LogP contribution in [0, 0.1) is 0 Å². The number of nitrogens with one attached hydrogen (secondary N) is 2. The molecule has 0 bridgehead atoms. The van der Waals surface area contributed by atoms with Crippen LogP contribution in [0.5, 0.6) is 0 Å². The van der Waals surface area contributed by atoms with E-state index in [1.165, 1.54) is 0 Å². The van der Waals surface area contributed by atoms with Crippen LogP contribution in [0.2, 0.25) is 0 Å². The number of rotatable bonds is 3. The van der Waals surface area contributed by atoms with Crippen LogP contribution in [-0.2, 0) is 4.74 Å². The van der Waals surface area contributed by atoms with Crippen molar-refractivity contribution in [3.05, 3.63) is 0 Å². The molecular formula is C15H29N3O5. The molecule has 2 fully saturated rings. The molecule has 0 saturated carbocycles. The van der Waals surface area contributed by atoms with Crippen molar-refractivity contribution in [2.24, 2.45) is 5.10 Å². The lowest BCUT2D eigenvalue weighted by molar-refractivity contribution is -0.280. The van der Waals surface area contributed by atoms with Gasteiger partial charge in [0.05, 0.1) is 6.54 Å². The summed E-state index contributed by atoms with van der Waals surface area (Å²) in [6.07, 6.45) is -5.04. The van der Waals surface area contributed by atoms with E-state index in [9.17, 15) is 20.4 Å². The molecule has 23 heavy (non-hydrogen) atoms. The predicted molar refractivity (Wildman–Crippen MR) is 84.9 cm³/mol. The number of nitrogens with zero attached hydrogens (tertiary/aromatic N) is 1. The highest BCUT2D eigenvalue weighted by Crippen LogP contribution is 2.26. The average molecular weight is 331 g/mol. The van der Waals surface area contributed by atoms with Gasteiger partial charge in [-0.25, -0.2) is 0 Å². The Kier molecular flexibility index (Phi) is 5.34. The molecule has 2 heterocycles. The Hall–Kier alpha value is -0.770. The zero-order valence-corrected chi connectivity index (χ0v) is 14.2. The van der Waals surface area contributed by atoms with Gasteiger partial charge in [-0.1, -0.05) is 0 Å². The first kappa shape index (κ1) is 18.6. The number of aliphatic hydroxyl groups excluding tert-OH is 4. The topological polar surface area (TPSA) is 127 Å². The van der Waals surface area contributed by atoms with E-state index in [0.717, 1.165) is 18.6 Å². The molecule has 0 amide bonds. The summed E-state index contributed by atoms with van der Waals surface area (Å²) in [5.41, 5.74) is 3.75. The number of hydrazone groups is 1. The summed E-state index contributed by atoms with van der Waals surface area (Å²) in [5.74, 6) is 0. The molecule has 5 atom stereocenters. The fourth-order valence-electron chi connectivity index (χ4n) is 3.51. The van der Waals surface area contributed by atoms with Crippen molar-refractivity contribution in [2.45, 2.75) is 82.3 Å². The Bertz CT molecular complexity index is 436. The Labute approximate surface area is 136 Å². The Morgan fingerprint density at radius 1 is 1.04 bits per heavy atom. The third-order valence-corrected chi connectivity index (χ3v) is 4.19. The molecule has 0 radical (unpaired) electrons. The van der Waals surface area contributed by atoms with Gasteiger partial charge < -0.3 is 35.9 Å². The van der Waals surface area contributed by atoms with Crippen molar-refractivity contribution in [3.8, 4) is 0 Å². The SMILES string of the molecule is CC1(C)CC(=NNCC2OC(O)C(O)C(O)C2O)CC(C)(C)N1. The minimum Gasteiger partial charge on any atom is -0.388 e. The molecule has 8 nitrogen and oxygen atoms in total. The Balaban J connectivity index is 1.93. The molecule has 2 aliphatic rings. The largest absolute Gasteiger partial charge is 0.388 e. The minimum atomic E-state index is -1.52.